The van der Waals surface area contributed by atoms with E-state index < -0.39 is 0 Å². The summed E-state index contributed by atoms with van der Waals surface area (Å²) in [5.74, 6) is 0.0146. The lowest BCUT2D eigenvalue weighted by Crippen LogP contribution is -2.21. The highest BCUT2D eigenvalue weighted by atomic mass is 16.2. The molecule has 0 atom stereocenters. The van der Waals surface area contributed by atoms with Crippen LogP contribution in [0.3, 0.4) is 0 Å². The Balaban J connectivity index is 2.52. The van der Waals surface area contributed by atoms with Crippen molar-refractivity contribution in [3.05, 3.63) is 42.1 Å². The van der Waals surface area contributed by atoms with Crippen molar-refractivity contribution in [3.63, 3.8) is 0 Å². The quantitative estimate of drug-likeness (QED) is 0.704. The molecule has 1 amide bonds. The highest BCUT2D eigenvalue weighted by Gasteiger charge is 2.07. The molecule has 1 heterocycles. The predicted octanol–water partition coefficient (Wildman–Crippen LogP) is 1.94. The fourth-order valence-electron chi connectivity index (χ4n) is 1.47. The highest BCUT2D eigenvalue weighted by Crippen LogP contribution is 2.14. The standard InChI is InChI=1S/C12H12N2O/c1-14(2)12(15)10-5-6-11-9(8-10)4-3-7-13-11/h3-8H,1-2H3. The number of fused-ring (bicyclic) bond motifs is 1. The van der Waals surface area contributed by atoms with Crippen LogP contribution in [-0.2, 0) is 0 Å². The smallest absolute Gasteiger partial charge is 0.253 e. The SMILES string of the molecule is CN(C)C(=O)c1ccc2ncccc2c1. The summed E-state index contributed by atoms with van der Waals surface area (Å²) in [7, 11) is 3.49. The summed E-state index contributed by atoms with van der Waals surface area (Å²) >= 11 is 0. The molecule has 0 spiro atoms. The van der Waals surface area contributed by atoms with Gasteiger partial charge in [0, 0.05) is 31.2 Å². The topological polar surface area (TPSA) is 33.2 Å². The van der Waals surface area contributed by atoms with Crippen LogP contribution in [0, 0.1) is 0 Å². The fourth-order valence-corrected chi connectivity index (χ4v) is 1.47. The van der Waals surface area contributed by atoms with Crippen LogP contribution in [0.15, 0.2) is 36.5 Å². The molecule has 1 aromatic carbocycles. The van der Waals surface area contributed by atoms with Crippen molar-refractivity contribution in [2.75, 3.05) is 14.1 Å². The Labute approximate surface area is 88.3 Å². The van der Waals surface area contributed by atoms with Crippen molar-refractivity contribution in [1.29, 1.82) is 0 Å². The molecule has 0 aliphatic rings. The minimum atomic E-state index is 0.0146. The van der Waals surface area contributed by atoms with E-state index in [-0.39, 0.29) is 5.91 Å². The third-order valence-electron chi connectivity index (χ3n) is 2.26. The van der Waals surface area contributed by atoms with Gasteiger partial charge in [-0.25, -0.2) is 0 Å². The molecule has 0 unspecified atom stereocenters. The van der Waals surface area contributed by atoms with Gasteiger partial charge < -0.3 is 4.90 Å². The second-order valence-electron chi connectivity index (χ2n) is 3.61. The first-order chi connectivity index (χ1) is 7.18. The van der Waals surface area contributed by atoms with Crippen molar-refractivity contribution >= 4 is 16.8 Å². The number of benzene rings is 1. The van der Waals surface area contributed by atoms with Crippen LogP contribution in [0.2, 0.25) is 0 Å². The van der Waals surface area contributed by atoms with Gasteiger partial charge in [0.1, 0.15) is 0 Å². The Bertz CT molecular complexity index is 506. The first-order valence-corrected chi connectivity index (χ1v) is 4.75. The Morgan fingerprint density at radius 1 is 1.27 bits per heavy atom. The maximum Gasteiger partial charge on any atom is 0.253 e. The predicted molar refractivity (Wildman–Crippen MR) is 59.8 cm³/mol. The molecular formula is C12H12N2O. The molecule has 0 aliphatic carbocycles. The number of carbonyl (C=O) groups is 1. The highest BCUT2D eigenvalue weighted by molar-refractivity contribution is 5.97. The molecule has 1 aromatic heterocycles. The van der Waals surface area contributed by atoms with Crippen molar-refractivity contribution in [2.24, 2.45) is 0 Å². The average molecular weight is 200 g/mol. The summed E-state index contributed by atoms with van der Waals surface area (Å²) in [6, 6.07) is 9.36. The third-order valence-corrected chi connectivity index (χ3v) is 2.26. The van der Waals surface area contributed by atoms with Crippen LogP contribution in [0.4, 0.5) is 0 Å². The first kappa shape index (κ1) is 9.65. The van der Waals surface area contributed by atoms with Crippen molar-refractivity contribution in [1.82, 2.24) is 9.88 Å². The van der Waals surface area contributed by atoms with Crippen molar-refractivity contribution in [2.45, 2.75) is 0 Å². The number of carbonyl (C=O) groups excluding carboxylic acids is 1. The molecule has 3 heteroatoms. The summed E-state index contributed by atoms with van der Waals surface area (Å²) in [4.78, 5) is 17.5. The summed E-state index contributed by atoms with van der Waals surface area (Å²) in [6.45, 7) is 0. The summed E-state index contributed by atoms with van der Waals surface area (Å²) in [5, 5.41) is 0.991. The number of hydrogen-bond donors (Lipinski definition) is 0. The second kappa shape index (κ2) is 3.69. The van der Waals surface area contributed by atoms with Crippen molar-refractivity contribution < 1.29 is 4.79 Å². The maximum atomic E-state index is 11.7. The van der Waals surface area contributed by atoms with E-state index in [4.69, 9.17) is 0 Å². The van der Waals surface area contributed by atoms with Gasteiger partial charge in [-0.05, 0) is 24.3 Å². The maximum absolute atomic E-state index is 11.7. The van der Waals surface area contributed by atoms with Gasteiger partial charge in [-0.3, -0.25) is 9.78 Å². The molecule has 0 radical (unpaired) electrons. The van der Waals surface area contributed by atoms with E-state index in [2.05, 4.69) is 4.98 Å². The molecule has 0 bridgehead atoms. The van der Waals surface area contributed by atoms with E-state index in [0.717, 1.165) is 10.9 Å². The molecule has 0 saturated heterocycles. The molecule has 2 rings (SSSR count). The Hall–Kier alpha value is -1.90. The van der Waals surface area contributed by atoms with E-state index >= 15 is 0 Å². The monoisotopic (exact) mass is 200 g/mol. The molecule has 2 aromatic rings. The number of nitrogens with zero attached hydrogens (tertiary/aromatic N) is 2. The molecular weight excluding hydrogens is 188 g/mol. The van der Waals surface area contributed by atoms with E-state index in [0.29, 0.717) is 5.56 Å². The average Bonchev–Trinajstić information content (AvgIpc) is 2.27. The molecule has 0 N–H and O–H groups in total. The van der Waals surface area contributed by atoms with Gasteiger partial charge in [-0.1, -0.05) is 6.07 Å². The number of rotatable bonds is 1. The zero-order chi connectivity index (χ0) is 10.8. The molecule has 0 saturated carbocycles. The van der Waals surface area contributed by atoms with Crippen LogP contribution in [0.1, 0.15) is 10.4 Å². The van der Waals surface area contributed by atoms with Crippen LogP contribution in [-0.4, -0.2) is 29.9 Å². The van der Waals surface area contributed by atoms with Crippen molar-refractivity contribution in [3.8, 4) is 0 Å². The van der Waals surface area contributed by atoms with E-state index in [1.807, 2.05) is 24.3 Å². The lowest BCUT2D eigenvalue weighted by molar-refractivity contribution is 0.0828. The Kier molecular flexibility index (Phi) is 2.37. The van der Waals surface area contributed by atoms with E-state index in [9.17, 15) is 4.79 Å². The summed E-state index contributed by atoms with van der Waals surface area (Å²) in [5.41, 5.74) is 1.60. The number of pyridine rings is 1. The fraction of sp³-hybridized carbons (Fsp3) is 0.167. The third kappa shape index (κ3) is 1.81. The van der Waals surface area contributed by atoms with Gasteiger partial charge in [0.2, 0.25) is 0 Å². The molecule has 0 fully saturated rings. The minimum absolute atomic E-state index is 0.0146. The van der Waals surface area contributed by atoms with Crippen LogP contribution in [0.25, 0.3) is 10.9 Å². The minimum Gasteiger partial charge on any atom is -0.345 e. The van der Waals surface area contributed by atoms with Gasteiger partial charge in [-0.2, -0.15) is 0 Å². The zero-order valence-electron chi connectivity index (χ0n) is 8.77. The van der Waals surface area contributed by atoms with Crippen LogP contribution < -0.4 is 0 Å². The Morgan fingerprint density at radius 2 is 2.07 bits per heavy atom. The summed E-state index contributed by atoms with van der Waals surface area (Å²) < 4.78 is 0. The number of hydrogen-bond acceptors (Lipinski definition) is 2. The molecule has 76 valence electrons. The van der Waals surface area contributed by atoms with Gasteiger partial charge in [0.05, 0.1) is 5.52 Å². The summed E-state index contributed by atoms with van der Waals surface area (Å²) in [6.07, 6.45) is 1.75. The first-order valence-electron chi connectivity index (χ1n) is 4.75. The normalized spacial score (nSPS) is 10.3. The largest absolute Gasteiger partial charge is 0.345 e. The molecule has 15 heavy (non-hydrogen) atoms. The number of aromatic nitrogens is 1. The van der Waals surface area contributed by atoms with Crippen LogP contribution in [0.5, 0.6) is 0 Å². The molecule has 3 nitrogen and oxygen atoms in total. The van der Waals surface area contributed by atoms with Gasteiger partial charge >= 0.3 is 0 Å². The number of amides is 1. The Morgan fingerprint density at radius 3 is 2.80 bits per heavy atom. The lowest BCUT2D eigenvalue weighted by Gasteiger charge is -2.10. The van der Waals surface area contributed by atoms with Crippen LogP contribution >= 0.6 is 0 Å². The second-order valence-corrected chi connectivity index (χ2v) is 3.61. The molecule has 0 aliphatic heterocycles. The van der Waals surface area contributed by atoms with E-state index in [1.54, 1.807) is 31.3 Å². The van der Waals surface area contributed by atoms with Gasteiger partial charge in [0.25, 0.3) is 5.91 Å². The van der Waals surface area contributed by atoms with Gasteiger partial charge in [0.15, 0.2) is 0 Å². The van der Waals surface area contributed by atoms with E-state index in [1.165, 1.54) is 0 Å². The zero-order valence-corrected chi connectivity index (χ0v) is 8.77. The van der Waals surface area contributed by atoms with Gasteiger partial charge in [-0.15, -0.1) is 0 Å². The lowest BCUT2D eigenvalue weighted by atomic mass is 10.1.